The zero-order chi connectivity index (χ0) is 26.9. The molecule has 0 aliphatic heterocycles. The van der Waals surface area contributed by atoms with Crippen LogP contribution in [-0.4, -0.2) is 60.9 Å². The monoisotopic (exact) mass is 529 g/mol. The number of carbonyl (C=O) groups excluding carboxylic acids is 2. The molecule has 0 aromatic rings. The number of hydrogen-bond acceptors (Lipinski definition) is 8. The van der Waals surface area contributed by atoms with Crippen molar-refractivity contribution < 1.29 is 36.6 Å². The van der Waals surface area contributed by atoms with Crippen molar-refractivity contribution in [2.45, 2.75) is 71.5 Å². The summed E-state index contributed by atoms with van der Waals surface area (Å²) in [5.74, 6) is -2.28. The Morgan fingerprint density at radius 2 is 1.24 bits per heavy atom. The van der Waals surface area contributed by atoms with Gasteiger partial charge in [-0.15, -0.1) is 0 Å². The van der Waals surface area contributed by atoms with Crippen LogP contribution in [0.3, 0.4) is 0 Å². The van der Waals surface area contributed by atoms with Crippen LogP contribution < -0.4 is 5.32 Å². The molecular weight excluding hydrogens is 490 g/mol. The highest BCUT2D eigenvalue weighted by molar-refractivity contribution is 6.86. The van der Waals surface area contributed by atoms with Gasteiger partial charge in [-0.3, -0.25) is 0 Å². The molecule has 0 spiro atoms. The van der Waals surface area contributed by atoms with Crippen LogP contribution in [0.15, 0.2) is 36.5 Å². The van der Waals surface area contributed by atoms with E-state index in [2.05, 4.69) is 25.1 Å². The highest BCUT2D eigenvalue weighted by Gasteiger charge is 2.52. The first kappa shape index (κ1) is 32.2. The smallest absolute Gasteiger partial charge is 0.387 e. The zero-order valence-electron chi connectivity index (χ0n) is 21.4. The van der Waals surface area contributed by atoms with E-state index in [0.29, 0.717) is 24.0 Å². The number of carboxylic acid groups (broad SMARTS) is 1. The lowest BCUT2D eigenvalue weighted by atomic mass is 10.2. The Morgan fingerprint density at radius 3 is 1.53 bits per heavy atom. The Balaban J connectivity index is 6.05. The Bertz CT molecular complexity index is 766. The SMILES string of the molecule is [CH]CC(NCC(=C)C(=O)O)[Si](C)(O[Si](C)(C)OC(=O)C(=C)CC)O[Si](C)(C)OC(=O)C(=C)CC. The third kappa shape index (κ3) is 10.6. The third-order valence-corrected chi connectivity index (χ3v) is 15.0. The van der Waals surface area contributed by atoms with Gasteiger partial charge in [0, 0.05) is 28.9 Å². The largest absolute Gasteiger partial charge is 0.492 e. The molecule has 2 radical (unpaired) electrons. The van der Waals surface area contributed by atoms with Gasteiger partial charge in [0.15, 0.2) is 0 Å². The van der Waals surface area contributed by atoms with E-state index in [1.165, 1.54) is 0 Å². The fourth-order valence-corrected chi connectivity index (χ4v) is 14.8. The van der Waals surface area contributed by atoms with Crippen molar-refractivity contribution >= 4 is 43.6 Å². The lowest BCUT2D eigenvalue weighted by molar-refractivity contribution is -0.133. The van der Waals surface area contributed by atoms with E-state index in [9.17, 15) is 14.4 Å². The number of aliphatic carboxylic acids is 1. The molecule has 192 valence electrons. The van der Waals surface area contributed by atoms with Gasteiger partial charge in [-0.25, -0.2) is 14.4 Å². The Labute approximate surface area is 207 Å². The lowest BCUT2D eigenvalue weighted by Gasteiger charge is -2.43. The number of hydrogen-bond donors (Lipinski definition) is 2. The van der Waals surface area contributed by atoms with Gasteiger partial charge in [-0.1, -0.05) is 33.6 Å². The summed E-state index contributed by atoms with van der Waals surface area (Å²) in [6.07, 6.45) is 0.877. The number of rotatable bonds is 16. The van der Waals surface area contributed by atoms with E-state index in [-0.39, 0.29) is 18.5 Å². The summed E-state index contributed by atoms with van der Waals surface area (Å²) < 4.78 is 24.1. The quantitative estimate of drug-likeness (QED) is 0.227. The van der Waals surface area contributed by atoms with Gasteiger partial charge in [-0.2, -0.15) is 0 Å². The van der Waals surface area contributed by atoms with Gasteiger partial charge in [0.25, 0.3) is 0 Å². The normalized spacial score (nSPS) is 13.1. The molecule has 0 heterocycles. The first-order chi connectivity index (χ1) is 15.4. The molecule has 1 atom stereocenters. The molecule has 0 aliphatic rings. The first-order valence-electron chi connectivity index (χ1n) is 11.0. The molecule has 0 saturated heterocycles. The van der Waals surface area contributed by atoms with Crippen molar-refractivity contribution in [3.8, 4) is 0 Å². The molecule has 0 aromatic heterocycles. The van der Waals surface area contributed by atoms with Crippen molar-refractivity contribution in [2.24, 2.45) is 0 Å². The Hall–Kier alpha value is -1.84. The summed E-state index contributed by atoms with van der Waals surface area (Å²) in [6, 6.07) is 0. The van der Waals surface area contributed by atoms with Crippen LogP contribution in [0.25, 0.3) is 0 Å². The third-order valence-electron chi connectivity index (χ3n) is 4.74. The maximum absolute atomic E-state index is 12.4. The highest BCUT2D eigenvalue weighted by atomic mass is 28.5. The van der Waals surface area contributed by atoms with Crippen molar-refractivity contribution in [1.29, 1.82) is 0 Å². The summed E-state index contributed by atoms with van der Waals surface area (Å²) in [5.41, 5.74) is -0.0923. The van der Waals surface area contributed by atoms with Gasteiger partial charge < -0.3 is 27.5 Å². The fraction of sp³-hybridized carbons (Fsp3) is 0.545. The van der Waals surface area contributed by atoms with Crippen LogP contribution in [0.1, 0.15) is 33.1 Å². The maximum atomic E-state index is 12.4. The molecule has 0 bridgehead atoms. The van der Waals surface area contributed by atoms with Crippen molar-refractivity contribution in [3.63, 3.8) is 0 Å². The van der Waals surface area contributed by atoms with Crippen molar-refractivity contribution in [3.05, 3.63) is 43.4 Å². The van der Waals surface area contributed by atoms with E-state index in [4.69, 9.17) is 29.1 Å². The van der Waals surface area contributed by atoms with Gasteiger partial charge in [0.2, 0.25) is 0 Å². The van der Waals surface area contributed by atoms with Crippen LogP contribution in [0.2, 0.25) is 32.7 Å². The van der Waals surface area contributed by atoms with Gasteiger partial charge in [0.05, 0.1) is 0 Å². The predicted molar refractivity (Wildman–Crippen MR) is 137 cm³/mol. The summed E-state index contributed by atoms with van der Waals surface area (Å²) in [5, 5.41) is 12.2. The topological polar surface area (TPSA) is 120 Å². The number of carbonyl (C=O) groups is 3. The molecule has 1 unspecified atom stereocenters. The molecule has 0 saturated carbocycles. The van der Waals surface area contributed by atoms with Crippen LogP contribution in [0.4, 0.5) is 0 Å². The average molecular weight is 530 g/mol. The summed E-state index contributed by atoms with van der Waals surface area (Å²) in [6.45, 7) is 28.9. The van der Waals surface area contributed by atoms with Crippen LogP contribution in [0.5, 0.6) is 0 Å². The van der Waals surface area contributed by atoms with E-state index >= 15 is 0 Å². The standard InChI is InChI=1S/C22H39NO8Si3/c1-12-16(4)21(26)28-32(7,8)30-34(11,19(14-3)23-15-18(6)20(24)25)31-33(9,10)29-22(27)17(5)13-2/h3,19,23H,4-6,12-15H2,1-2,7-11H3,(H,24,25). The molecular formula is C22H39NO8Si3. The van der Waals surface area contributed by atoms with Crippen LogP contribution in [-0.2, 0) is 31.5 Å². The molecule has 2 N–H and O–H groups in total. The van der Waals surface area contributed by atoms with E-state index < -0.39 is 49.3 Å². The average Bonchev–Trinajstić information content (AvgIpc) is 2.70. The van der Waals surface area contributed by atoms with E-state index in [1.54, 1.807) is 46.6 Å². The molecule has 9 nitrogen and oxygen atoms in total. The van der Waals surface area contributed by atoms with Crippen LogP contribution in [0, 0.1) is 6.92 Å². The second-order valence-electron chi connectivity index (χ2n) is 8.79. The van der Waals surface area contributed by atoms with Gasteiger partial charge in [0.1, 0.15) is 0 Å². The molecule has 0 aliphatic carbocycles. The van der Waals surface area contributed by atoms with Crippen LogP contribution >= 0.6 is 0 Å². The van der Waals surface area contributed by atoms with E-state index in [0.717, 1.165) is 0 Å². The molecule has 34 heavy (non-hydrogen) atoms. The molecule has 0 rings (SSSR count). The van der Waals surface area contributed by atoms with Gasteiger partial charge in [-0.05, 0) is 58.9 Å². The fourth-order valence-electron chi connectivity index (χ4n) is 2.87. The lowest BCUT2D eigenvalue weighted by Crippen LogP contribution is -2.66. The number of nitrogens with one attached hydrogen (secondary N) is 1. The van der Waals surface area contributed by atoms with E-state index in [1.807, 2.05) is 0 Å². The van der Waals surface area contributed by atoms with Gasteiger partial charge >= 0.3 is 43.6 Å². The number of carboxylic acids is 1. The highest BCUT2D eigenvalue weighted by Crippen LogP contribution is 2.27. The minimum atomic E-state index is -3.44. The first-order valence-corrected chi connectivity index (χ1v) is 19.0. The zero-order valence-corrected chi connectivity index (χ0v) is 24.4. The summed E-state index contributed by atoms with van der Waals surface area (Å²) in [7, 11) is -9.74. The second-order valence-corrected chi connectivity index (χ2v) is 19.2. The maximum Gasteiger partial charge on any atom is 0.387 e. The minimum absolute atomic E-state index is 0.0236. The Morgan fingerprint density at radius 1 is 0.853 bits per heavy atom. The van der Waals surface area contributed by atoms with Crippen molar-refractivity contribution in [2.75, 3.05) is 6.54 Å². The molecule has 12 heteroatoms. The predicted octanol–water partition coefficient (Wildman–Crippen LogP) is 3.75. The summed E-state index contributed by atoms with van der Waals surface area (Å²) in [4.78, 5) is 35.9. The molecule has 0 amide bonds. The minimum Gasteiger partial charge on any atom is -0.492 e. The second kappa shape index (κ2) is 13.3. The molecule has 0 aromatic carbocycles. The summed E-state index contributed by atoms with van der Waals surface area (Å²) >= 11 is 0. The van der Waals surface area contributed by atoms with Crippen molar-refractivity contribution in [1.82, 2.24) is 5.32 Å². The molecule has 0 fully saturated rings. The Kier molecular flexibility index (Phi) is 12.6.